The van der Waals surface area contributed by atoms with Crippen molar-refractivity contribution in [3.8, 4) is 0 Å². The van der Waals surface area contributed by atoms with Crippen LogP contribution in [0.4, 0.5) is 0 Å². The molecule has 0 amide bonds. The van der Waals surface area contributed by atoms with Gasteiger partial charge in [0.25, 0.3) is 0 Å². The molecule has 1 aromatic heterocycles. The normalized spacial score (nSPS) is 17.7. The van der Waals surface area contributed by atoms with Crippen molar-refractivity contribution in [1.29, 1.82) is 0 Å². The molecular weight excluding hydrogens is 356 g/mol. The first kappa shape index (κ1) is 20.4. The van der Waals surface area contributed by atoms with E-state index in [1.165, 1.54) is 0 Å². The lowest BCUT2D eigenvalue weighted by molar-refractivity contribution is 0.137. The lowest BCUT2D eigenvalue weighted by Gasteiger charge is -2.30. The highest BCUT2D eigenvalue weighted by Crippen LogP contribution is 2.17. The number of rotatable bonds is 6. The van der Waals surface area contributed by atoms with Crippen molar-refractivity contribution in [2.75, 3.05) is 20.1 Å². The van der Waals surface area contributed by atoms with E-state index in [9.17, 15) is 0 Å². The molecule has 0 aromatic carbocycles. The number of hydrogen-bond donors (Lipinski definition) is 4. The van der Waals surface area contributed by atoms with Gasteiger partial charge < -0.3 is 10.9 Å². The molecule has 0 bridgehead atoms. The fraction of sp³-hybridized carbons (Fsp3) is 0.667. The molecule has 0 aliphatic carbocycles. The molecular formula is C18H34N10. The highest BCUT2D eigenvalue weighted by Gasteiger charge is 2.25. The molecule has 0 saturated carbocycles. The quantitative estimate of drug-likeness (QED) is 0.557. The first-order valence-electron chi connectivity index (χ1n) is 9.62. The highest BCUT2D eigenvalue weighted by atomic mass is 15.7. The molecule has 28 heavy (non-hydrogen) atoms. The topological polar surface area (TPSA) is 88.6 Å². The molecule has 10 nitrogen and oxygen atoms in total. The van der Waals surface area contributed by atoms with Crippen molar-refractivity contribution in [2.24, 2.45) is 0 Å². The molecule has 10 heteroatoms. The Morgan fingerprint density at radius 2 is 1.54 bits per heavy atom. The zero-order chi connectivity index (χ0) is 20.5. The predicted octanol–water partition coefficient (Wildman–Crippen LogP) is 0.596. The van der Waals surface area contributed by atoms with Gasteiger partial charge in [0, 0.05) is 44.6 Å². The van der Waals surface area contributed by atoms with Gasteiger partial charge in [-0.25, -0.2) is 4.68 Å². The Labute approximate surface area is 167 Å². The van der Waals surface area contributed by atoms with E-state index >= 15 is 0 Å². The van der Waals surface area contributed by atoms with Crippen molar-refractivity contribution in [2.45, 2.75) is 59.2 Å². The molecule has 3 heterocycles. The van der Waals surface area contributed by atoms with Gasteiger partial charge >= 0.3 is 0 Å². The number of hydrazine groups is 4. The van der Waals surface area contributed by atoms with Gasteiger partial charge in [-0.2, -0.15) is 0 Å². The van der Waals surface area contributed by atoms with Gasteiger partial charge in [0.1, 0.15) is 0 Å². The second-order valence-corrected chi connectivity index (χ2v) is 9.40. The van der Waals surface area contributed by atoms with Crippen molar-refractivity contribution >= 4 is 0 Å². The SMILES string of the molecule is CN1C=C(CN(CC2=CN(C(C)(C)C)NN2)Cc2cn(C(C)(C)C)nn2)NN1. The summed E-state index contributed by atoms with van der Waals surface area (Å²) in [4.78, 5) is 2.32. The van der Waals surface area contributed by atoms with Crippen LogP contribution in [0.1, 0.15) is 47.2 Å². The molecule has 2 aliphatic heterocycles. The molecule has 3 rings (SSSR count). The molecule has 0 unspecified atom stereocenters. The van der Waals surface area contributed by atoms with Gasteiger partial charge in [0.2, 0.25) is 0 Å². The fourth-order valence-electron chi connectivity index (χ4n) is 2.91. The van der Waals surface area contributed by atoms with Gasteiger partial charge in [-0.1, -0.05) is 5.21 Å². The summed E-state index contributed by atoms with van der Waals surface area (Å²) in [6.45, 7) is 15.1. The molecule has 0 spiro atoms. The third kappa shape index (κ3) is 5.15. The Morgan fingerprint density at radius 3 is 2.04 bits per heavy atom. The van der Waals surface area contributed by atoms with Crippen LogP contribution in [0.3, 0.4) is 0 Å². The average molecular weight is 391 g/mol. The van der Waals surface area contributed by atoms with Gasteiger partial charge in [-0.3, -0.25) is 14.9 Å². The van der Waals surface area contributed by atoms with Crippen LogP contribution in [0, 0.1) is 0 Å². The number of aromatic nitrogens is 3. The van der Waals surface area contributed by atoms with Crippen LogP contribution in [0.5, 0.6) is 0 Å². The second kappa shape index (κ2) is 7.61. The lowest BCUT2D eigenvalue weighted by Crippen LogP contribution is -2.47. The largest absolute Gasteiger partial charge is 0.305 e. The minimum Gasteiger partial charge on any atom is -0.305 e. The van der Waals surface area contributed by atoms with E-state index in [0.717, 1.165) is 30.2 Å². The van der Waals surface area contributed by atoms with Crippen LogP contribution >= 0.6 is 0 Å². The zero-order valence-electron chi connectivity index (χ0n) is 18.0. The number of nitrogens with zero attached hydrogens (tertiary/aromatic N) is 6. The predicted molar refractivity (Wildman–Crippen MR) is 108 cm³/mol. The smallest absolute Gasteiger partial charge is 0.0967 e. The highest BCUT2D eigenvalue weighted by molar-refractivity contribution is 5.10. The maximum atomic E-state index is 4.38. The van der Waals surface area contributed by atoms with E-state index in [2.05, 4.69) is 96.1 Å². The van der Waals surface area contributed by atoms with Crippen molar-refractivity contribution < 1.29 is 0 Å². The van der Waals surface area contributed by atoms with Gasteiger partial charge in [0.05, 0.1) is 28.8 Å². The maximum absolute atomic E-state index is 4.38. The van der Waals surface area contributed by atoms with E-state index in [-0.39, 0.29) is 11.1 Å². The summed E-state index contributed by atoms with van der Waals surface area (Å²) in [5.41, 5.74) is 15.8. The number of hydrogen-bond acceptors (Lipinski definition) is 9. The number of nitrogens with one attached hydrogen (secondary N) is 4. The van der Waals surface area contributed by atoms with Crippen LogP contribution in [0.2, 0.25) is 0 Å². The lowest BCUT2D eigenvalue weighted by atomic mass is 10.1. The minimum absolute atomic E-state index is 0.00283. The van der Waals surface area contributed by atoms with Crippen molar-refractivity contribution in [3.63, 3.8) is 0 Å². The third-order valence-electron chi connectivity index (χ3n) is 4.49. The van der Waals surface area contributed by atoms with Crippen LogP contribution < -0.4 is 21.9 Å². The Hall–Kier alpha value is -2.30. The van der Waals surface area contributed by atoms with Gasteiger partial charge in [-0.15, -0.1) is 16.2 Å². The summed E-state index contributed by atoms with van der Waals surface area (Å²) in [5.74, 6) is 0. The minimum atomic E-state index is -0.0785. The van der Waals surface area contributed by atoms with Crippen molar-refractivity contribution in [3.05, 3.63) is 35.7 Å². The van der Waals surface area contributed by atoms with Crippen LogP contribution in [0.15, 0.2) is 30.0 Å². The third-order valence-corrected chi connectivity index (χ3v) is 4.49. The first-order valence-corrected chi connectivity index (χ1v) is 9.62. The Bertz CT molecular complexity index is 736. The van der Waals surface area contributed by atoms with E-state index in [1.54, 1.807) is 0 Å². The standard InChI is InChI=1S/C18H34N10/c1-17(2,3)27-12-15(20-23-27)10-26(9-14-8-25(7)22-19-14)11-16-13-28(24-21-16)18(4,5)6/h8,12-13,19-20,22-23H,9-11H2,1-7H3. The van der Waals surface area contributed by atoms with E-state index < -0.39 is 0 Å². The van der Waals surface area contributed by atoms with E-state index in [4.69, 9.17) is 0 Å². The molecule has 0 atom stereocenters. The summed E-state index contributed by atoms with van der Waals surface area (Å²) in [7, 11) is 1.96. The first-order chi connectivity index (χ1) is 13.0. The van der Waals surface area contributed by atoms with Crippen LogP contribution in [0.25, 0.3) is 0 Å². The fourth-order valence-corrected chi connectivity index (χ4v) is 2.91. The summed E-state index contributed by atoms with van der Waals surface area (Å²) < 4.78 is 1.92. The molecule has 2 aliphatic rings. The molecule has 0 saturated heterocycles. The molecule has 156 valence electrons. The summed E-state index contributed by atoms with van der Waals surface area (Å²) in [6.07, 6.45) is 6.21. The van der Waals surface area contributed by atoms with E-state index in [0.29, 0.717) is 6.54 Å². The average Bonchev–Trinajstić information content (AvgIpc) is 3.27. The Kier molecular flexibility index (Phi) is 5.55. The van der Waals surface area contributed by atoms with Gasteiger partial charge in [-0.05, 0) is 41.5 Å². The van der Waals surface area contributed by atoms with Crippen molar-refractivity contribution in [1.82, 2.24) is 51.8 Å². The maximum Gasteiger partial charge on any atom is 0.0967 e. The Morgan fingerprint density at radius 1 is 0.893 bits per heavy atom. The van der Waals surface area contributed by atoms with Gasteiger partial charge in [0.15, 0.2) is 0 Å². The molecule has 0 fully saturated rings. The Balaban J connectivity index is 1.72. The summed E-state index contributed by atoms with van der Waals surface area (Å²) >= 11 is 0. The molecule has 4 N–H and O–H groups in total. The second-order valence-electron chi connectivity index (χ2n) is 9.40. The summed E-state index contributed by atoms with van der Waals surface area (Å²) in [6, 6.07) is 0. The molecule has 0 radical (unpaired) electrons. The summed E-state index contributed by atoms with van der Waals surface area (Å²) in [5, 5.41) is 12.7. The van der Waals surface area contributed by atoms with Crippen LogP contribution in [-0.4, -0.2) is 55.6 Å². The van der Waals surface area contributed by atoms with Crippen LogP contribution in [-0.2, 0) is 12.1 Å². The molecule has 1 aromatic rings. The monoisotopic (exact) mass is 390 g/mol. The zero-order valence-corrected chi connectivity index (χ0v) is 18.0. The van der Waals surface area contributed by atoms with E-state index in [1.807, 2.05) is 22.9 Å².